The molecule has 0 aromatic heterocycles. The molecule has 1 aliphatic carbocycles. The van der Waals surface area contributed by atoms with E-state index in [9.17, 15) is 0 Å². The maximum atomic E-state index is 6.29. The van der Waals surface area contributed by atoms with Gasteiger partial charge < -0.3 is 9.47 Å². The van der Waals surface area contributed by atoms with Gasteiger partial charge in [-0.25, -0.2) is 0 Å². The molecule has 1 aliphatic rings. The molecule has 0 bridgehead atoms. The monoisotopic (exact) mass is 231 g/mol. The van der Waals surface area contributed by atoms with Crippen molar-refractivity contribution in [2.24, 2.45) is 5.73 Å². The van der Waals surface area contributed by atoms with E-state index in [1.807, 2.05) is 42.5 Å². The topological polar surface area (TPSA) is 44.5 Å². The van der Waals surface area contributed by atoms with Crippen LogP contribution in [0.2, 0.25) is 0 Å². The Kier molecular flexibility index (Phi) is 3.31. The fourth-order valence-corrected chi connectivity index (χ4v) is 2.01. The van der Waals surface area contributed by atoms with Gasteiger partial charge in [-0.3, -0.25) is 5.73 Å². The quantitative estimate of drug-likeness (QED) is 0.812. The maximum Gasteiger partial charge on any atom is 0.150 e. The molecule has 1 aromatic carbocycles. The van der Waals surface area contributed by atoms with E-state index < -0.39 is 5.72 Å². The SMILES string of the molecule is COC1=CC=C(c2ccccc2)C(N)(OC)C1. The molecule has 0 radical (unpaired) electrons. The van der Waals surface area contributed by atoms with E-state index in [-0.39, 0.29) is 0 Å². The van der Waals surface area contributed by atoms with Gasteiger partial charge in [0.25, 0.3) is 0 Å². The Balaban J connectivity index is 2.43. The number of hydrogen-bond acceptors (Lipinski definition) is 3. The Bertz CT molecular complexity index is 451. The van der Waals surface area contributed by atoms with E-state index in [4.69, 9.17) is 15.2 Å². The predicted octanol–water partition coefficient (Wildman–Crippen LogP) is 2.31. The average molecular weight is 231 g/mol. The van der Waals surface area contributed by atoms with Crippen molar-refractivity contribution in [1.82, 2.24) is 0 Å². The van der Waals surface area contributed by atoms with Crippen LogP contribution in [0.5, 0.6) is 0 Å². The molecule has 0 spiro atoms. The van der Waals surface area contributed by atoms with Gasteiger partial charge in [-0.2, -0.15) is 0 Å². The summed E-state index contributed by atoms with van der Waals surface area (Å²) in [6.45, 7) is 0. The number of hydrogen-bond donors (Lipinski definition) is 1. The second-order valence-corrected chi connectivity index (χ2v) is 4.05. The summed E-state index contributed by atoms with van der Waals surface area (Å²) in [5.74, 6) is 0.828. The first-order valence-electron chi connectivity index (χ1n) is 5.54. The van der Waals surface area contributed by atoms with E-state index in [1.54, 1.807) is 14.2 Å². The van der Waals surface area contributed by atoms with Crippen LogP contribution in [0.3, 0.4) is 0 Å². The number of ether oxygens (including phenoxy) is 2. The minimum absolute atomic E-state index is 0.542. The smallest absolute Gasteiger partial charge is 0.150 e. The van der Waals surface area contributed by atoms with Gasteiger partial charge in [0.2, 0.25) is 0 Å². The molecule has 1 unspecified atom stereocenters. The Labute approximate surface area is 102 Å². The number of methoxy groups -OCH3 is 2. The van der Waals surface area contributed by atoms with Crippen molar-refractivity contribution in [3.8, 4) is 0 Å². The minimum atomic E-state index is -0.818. The maximum absolute atomic E-state index is 6.29. The summed E-state index contributed by atoms with van der Waals surface area (Å²) in [6.07, 6.45) is 4.44. The van der Waals surface area contributed by atoms with Crippen LogP contribution < -0.4 is 5.73 Å². The third-order valence-electron chi connectivity index (χ3n) is 3.04. The summed E-state index contributed by atoms with van der Waals surface area (Å²) in [5, 5.41) is 0. The Hall–Kier alpha value is -1.58. The summed E-state index contributed by atoms with van der Waals surface area (Å²) < 4.78 is 10.7. The van der Waals surface area contributed by atoms with Crippen LogP contribution in [-0.2, 0) is 9.47 Å². The highest BCUT2D eigenvalue weighted by Crippen LogP contribution is 2.34. The highest BCUT2D eigenvalue weighted by atomic mass is 16.5. The second-order valence-electron chi connectivity index (χ2n) is 4.05. The third kappa shape index (κ3) is 2.25. The lowest BCUT2D eigenvalue weighted by Gasteiger charge is -2.33. The van der Waals surface area contributed by atoms with Crippen molar-refractivity contribution in [2.45, 2.75) is 12.1 Å². The van der Waals surface area contributed by atoms with Crippen molar-refractivity contribution in [3.05, 3.63) is 53.8 Å². The number of rotatable bonds is 3. The fourth-order valence-electron chi connectivity index (χ4n) is 2.01. The molecule has 3 heteroatoms. The zero-order valence-electron chi connectivity index (χ0n) is 10.1. The largest absolute Gasteiger partial charge is 0.501 e. The summed E-state index contributed by atoms with van der Waals surface area (Å²) in [6, 6.07) is 10.0. The molecule has 1 atom stereocenters. The number of allylic oxidation sites excluding steroid dienone is 2. The van der Waals surface area contributed by atoms with Crippen LogP contribution in [-0.4, -0.2) is 19.9 Å². The highest BCUT2D eigenvalue weighted by molar-refractivity contribution is 5.74. The second kappa shape index (κ2) is 4.73. The van der Waals surface area contributed by atoms with E-state index in [0.717, 1.165) is 16.9 Å². The Morgan fingerprint density at radius 2 is 1.82 bits per heavy atom. The summed E-state index contributed by atoms with van der Waals surface area (Å²) >= 11 is 0. The van der Waals surface area contributed by atoms with E-state index in [1.165, 1.54) is 0 Å². The van der Waals surface area contributed by atoms with Gasteiger partial charge in [0.05, 0.1) is 13.5 Å². The zero-order valence-corrected chi connectivity index (χ0v) is 10.1. The zero-order chi connectivity index (χ0) is 12.3. The van der Waals surface area contributed by atoms with Crippen LogP contribution in [0.25, 0.3) is 5.57 Å². The standard InChI is InChI=1S/C14H17NO2/c1-16-12-8-9-13(14(15,10-12)17-2)11-6-4-3-5-7-11/h3-9H,10,15H2,1-2H3. The molecule has 0 heterocycles. The Morgan fingerprint density at radius 3 is 2.41 bits per heavy atom. The van der Waals surface area contributed by atoms with Gasteiger partial charge in [-0.05, 0) is 11.6 Å². The van der Waals surface area contributed by atoms with Crippen molar-refractivity contribution in [2.75, 3.05) is 14.2 Å². The fraction of sp³-hybridized carbons (Fsp3) is 0.286. The molecule has 17 heavy (non-hydrogen) atoms. The van der Waals surface area contributed by atoms with Gasteiger partial charge in [0, 0.05) is 12.7 Å². The number of nitrogens with two attached hydrogens (primary N) is 1. The van der Waals surface area contributed by atoms with Crippen molar-refractivity contribution < 1.29 is 9.47 Å². The molecule has 2 rings (SSSR count). The first kappa shape index (κ1) is 11.9. The van der Waals surface area contributed by atoms with E-state index in [0.29, 0.717) is 6.42 Å². The molecule has 2 N–H and O–H groups in total. The summed E-state index contributed by atoms with van der Waals surface area (Å²) in [7, 11) is 3.26. The molecule has 1 aromatic rings. The molecule has 0 saturated heterocycles. The van der Waals surface area contributed by atoms with Gasteiger partial charge in [0.1, 0.15) is 11.5 Å². The van der Waals surface area contributed by atoms with Gasteiger partial charge in [0.15, 0.2) is 0 Å². The lowest BCUT2D eigenvalue weighted by atomic mass is 9.88. The molecular weight excluding hydrogens is 214 g/mol. The summed E-state index contributed by atoms with van der Waals surface area (Å²) in [4.78, 5) is 0. The van der Waals surface area contributed by atoms with Crippen LogP contribution in [0, 0.1) is 0 Å². The average Bonchev–Trinajstić information content (AvgIpc) is 2.39. The summed E-state index contributed by atoms with van der Waals surface area (Å²) in [5.41, 5.74) is 7.52. The molecular formula is C14H17NO2. The highest BCUT2D eigenvalue weighted by Gasteiger charge is 2.34. The first-order chi connectivity index (χ1) is 8.19. The molecule has 90 valence electrons. The van der Waals surface area contributed by atoms with Crippen molar-refractivity contribution in [1.29, 1.82) is 0 Å². The molecule has 0 saturated carbocycles. The van der Waals surface area contributed by atoms with Crippen LogP contribution in [0.4, 0.5) is 0 Å². The molecule has 3 nitrogen and oxygen atoms in total. The van der Waals surface area contributed by atoms with Crippen LogP contribution in [0.15, 0.2) is 48.2 Å². The van der Waals surface area contributed by atoms with Gasteiger partial charge >= 0.3 is 0 Å². The van der Waals surface area contributed by atoms with Crippen molar-refractivity contribution >= 4 is 5.57 Å². The van der Waals surface area contributed by atoms with E-state index in [2.05, 4.69) is 0 Å². The van der Waals surface area contributed by atoms with Crippen molar-refractivity contribution in [3.63, 3.8) is 0 Å². The molecule has 0 fully saturated rings. The third-order valence-corrected chi connectivity index (χ3v) is 3.04. The molecule has 0 aliphatic heterocycles. The predicted molar refractivity (Wildman–Crippen MR) is 68.1 cm³/mol. The Morgan fingerprint density at radius 1 is 1.12 bits per heavy atom. The van der Waals surface area contributed by atoms with E-state index >= 15 is 0 Å². The minimum Gasteiger partial charge on any atom is -0.501 e. The first-order valence-corrected chi connectivity index (χ1v) is 5.54. The van der Waals surface area contributed by atoms with Gasteiger partial charge in [-0.1, -0.05) is 36.4 Å². The number of benzene rings is 1. The van der Waals surface area contributed by atoms with Crippen LogP contribution >= 0.6 is 0 Å². The van der Waals surface area contributed by atoms with Gasteiger partial charge in [-0.15, -0.1) is 0 Å². The van der Waals surface area contributed by atoms with Crippen LogP contribution in [0.1, 0.15) is 12.0 Å². The lowest BCUT2D eigenvalue weighted by molar-refractivity contribution is 0.0341. The molecule has 0 amide bonds. The normalized spacial score (nSPS) is 23.9. The lowest BCUT2D eigenvalue weighted by Crippen LogP contribution is -2.44.